The molecule has 0 aliphatic heterocycles. The van der Waals surface area contributed by atoms with E-state index in [0.29, 0.717) is 6.61 Å². The molecule has 1 aromatic carbocycles. The second-order valence-corrected chi connectivity index (χ2v) is 3.99. The summed E-state index contributed by atoms with van der Waals surface area (Å²) in [6.07, 6.45) is 3.58. The number of rotatable bonds is 4. The van der Waals surface area contributed by atoms with Gasteiger partial charge in [-0.25, -0.2) is 0 Å². The van der Waals surface area contributed by atoms with Crippen molar-refractivity contribution in [1.82, 2.24) is 4.98 Å². The molecule has 1 aromatic heterocycles. The first-order chi connectivity index (χ1) is 8.76. The fraction of sp³-hybridized carbons (Fsp3) is 0.267. The first-order valence-electron chi connectivity index (χ1n) is 5.98. The Morgan fingerprint density at radius 3 is 2.67 bits per heavy atom. The van der Waals surface area contributed by atoms with Gasteiger partial charge in [-0.15, -0.1) is 0 Å². The quantitative estimate of drug-likeness (QED) is 0.824. The fourth-order valence-electron chi connectivity index (χ4n) is 1.89. The first-order valence-corrected chi connectivity index (χ1v) is 5.98. The number of aryl methyl sites for hydroxylation is 1. The molecule has 0 atom stereocenters. The van der Waals surface area contributed by atoms with Gasteiger partial charge in [0.15, 0.2) is 0 Å². The summed E-state index contributed by atoms with van der Waals surface area (Å²) in [6, 6.07) is 7.92. The van der Waals surface area contributed by atoms with E-state index >= 15 is 0 Å². The molecule has 0 saturated carbocycles. The molecule has 0 N–H and O–H groups in total. The van der Waals surface area contributed by atoms with Crippen molar-refractivity contribution >= 4 is 0 Å². The lowest BCUT2D eigenvalue weighted by molar-refractivity contribution is 0.337. The molecule has 0 bridgehead atoms. The summed E-state index contributed by atoms with van der Waals surface area (Å²) in [5.74, 6) is 1.72. The minimum atomic E-state index is 0.652. The smallest absolute Gasteiger partial charge is 0.127 e. The van der Waals surface area contributed by atoms with Crippen molar-refractivity contribution in [2.24, 2.45) is 0 Å². The van der Waals surface area contributed by atoms with Gasteiger partial charge in [-0.3, -0.25) is 4.98 Å². The predicted molar refractivity (Wildman–Crippen MR) is 72.1 cm³/mol. The van der Waals surface area contributed by atoms with E-state index in [-0.39, 0.29) is 0 Å². The molecule has 94 valence electrons. The maximum Gasteiger partial charge on any atom is 0.127 e. The zero-order valence-corrected chi connectivity index (χ0v) is 10.9. The zero-order chi connectivity index (χ0) is 13.0. The monoisotopic (exact) mass is 243 g/mol. The molecule has 0 aliphatic carbocycles. The molecule has 2 aromatic rings. The van der Waals surface area contributed by atoms with Gasteiger partial charge in [0.05, 0.1) is 13.7 Å². The van der Waals surface area contributed by atoms with Gasteiger partial charge in [0.25, 0.3) is 0 Å². The molecule has 0 fully saturated rings. The Morgan fingerprint density at radius 1 is 1.22 bits per heavy atom. The summed E-state index contributed by atoms with van der Waals surface area (Å²) in [7, 11) is 1.68. The molecule has 0 aliphatic rings. The van der Waals surface area contributed by atoms with Crippen LogP contribution in [0.5, 0.6) is 11.5 Å². The minimum absolute atomic E-state index is 0.652. The largest absolute Gasteiger partial charge is 0.496 e. The highest BCUT2D eigenvalue weighted by Crippen LogP contribution is 2.35. The van der Waals surface area contributed by atoms with E-state index < -0.39 is 0 Å². The molecule has 0 amide bonds. The van der Waals surface area contributed by atoms with Crippen LogP contribution in [0, 0.1) is 6.92 Å². The topological polar surface area (TPSA) is 31.4 Å². The van der Waals surface area contributed by atoms with E-state index in [0.717, 1.165) is 28.2 Å². The van der Waals surface area contributed by atoms with Crippen LogP contribution >= 0.6 is 0 Å². The highest BCUT2D eigenvalue weighted by atomic mass is 16.5. The standard InChI is InChI=1S/C15H17NO2/c1-4-18-14-9-13(12-6-5-7-16-10-12)15(17-3)8-11(14)2/h5-10H,4H2,1-3H3. The molecule has 2 rings (SSSR count). The Labute approximate surface area is 107 Å². The van der Waals surface area contributed by atoms with E-state index in [2.05, 4.69) is 4.98 Å². The van der Waals surface area contributed by atoms with Crippen LogP contribution in [0.4, 0.5) is 0 Å². The molecular formula is C15H17NO2. The number of aromatic nitrogens is 1. The SMILES string of the molecule is CCOc1cc(-c2cccnc2)c(OC)cc1C. The van der Waals surface area contributed by atoms with Crippen LogP contribution in [-0.2, 0) is 0 Å². The molecule has 3 nitrogen and oxygen atoms in total. The second-order valence-electron chi connectivity index (χ2n) is 3.99. The van der Waals surface area contributed by atoms with Crippen molar-refractivity contribution < 1.29 is 9.47 Å². The summed E-state index contributed by atoms with van der Waals surface area (Å²) < 4.78 is 11.1. The van der Waals surface area contributed by atoms with Gasteiger partial charge in [0.2, 0.25) is 0 Å². The van der Waals surface area contributed by atoms with E-state index in [4.69, 9.17) is 9.47 Å². The van der Waals surface area contributed by atoms with Crippen molar-refractivity contribution in [3.63, 3.8) is 0 Å². The molecule has 0 saturated heterocycles. The number of methoxy groups -OCH3 is 1. The number of ether oxygens (including phenoxy) is 2. The van der Waals surface area contributed by atoms with E-state index in [1.807, 2.05) is 44.3 Å². The Morgan fingerprint density at radius 2 is 2.06 bits per heavy atom. The Balaban J connectivity index is 2.54. The van der Waals surface area contributed by atoms with Gasteiger partial charge in [-0.2, -0.15) is 0 Å². The van der Waals surface area contributed by atoms with Gasteiger partial charge in [-0.1, -0.05) is 6.07 Å². The lowest BCUT2D eigenvalue weighted by Gasteiger charge is -2.13. The van der Waals surface area contributed by atoms with Crippen molar-refractivity contribution in [3.05, 3.63) is 42.2 Å². The van der Waals surface area contributed by atoms with Crippen LogP contribution in [0.15, 0.2) is 36.7 Å². The second kappa shape index (κ2) is 5.54. The molecule has 0 spiro atoms. The van der Waals surface area contributed by atoms with Crippen LogP contribution in [0.25, 0.3) is 11.1 Å². The number of benzene rings is 1. The molecule has 0 unspecified atom stereocenters. The zero-order valence-electron chi connectivity index (χ0n) is 10.9. The maximum atomic E-state index is 5.62. The number of pyridine rings is 1. The van der Waals surface area contributed by atoms with Gasteiger partial charge >= 0.3 is 0 Å². The number of hydrogen-bond donors (Lipinski definition) is 0. The highest BCUT2D eigenvalue weighted by molar-refractivity contribution is 5.72. The van der Waals surface area contributed by atoms with Gasteiger partial charge < -0.3 is 9.47 Å². The van der Waals surface area contributed by atoms with Gasteiger partial charge in [0, 0.05) is 23.5 Å². The Kier molecular flexibility index (Phi) is 3.82. The summed E-state index contributed by atoms with van der Waals surface area (Å²) in [6.45, 7) is 4.65. The van der Waals surface area contributed by atoms with Crippen LogP contribution in [-0.4, -0.2) is 18.7 Å². The van der Waals surface area contributed by atoms with Crippen LogP contribution < -0.4 is 9.47 Å². The lowest BCUT2D eigenvalue weighted by atomic mass is 10.0. The van der Waals surface area contributed by atoms with Crippen molar-refractivity contribution in [2.45, 2.75) is 13.8 Å². The van der Waals surface area contributed by atoms with Gasteiger partial charge in [-0.05, 0) is 37.6 Å². The lowest BCUT2D eigenvalue weighted by Crippen LogP contribution is -1.97. The summed E-state index contributed by atoms with van der Waals surface area (Å²) >= 11 is 0. The Bertz CT molecular complexity index is 524. The van der Waals surface area contributed by atoms with Crippen LogP contribution in [0.1, 0.15) is 12.5 Å². The highest BCUT2D eigenvalue weighted by Gasteiger charge is 2.10. The normalized spacial score (nSPS) is 10.2. The third kappa shape index (κ3) is 2.45. The van der Waals surface area contributed by atoms with Crippen LogP contribution in [0.2, 0.25) is 0 Å². The summed E-state index contributed by atoms with van der Waals surface area (Å²) in [5, 5.41) is 0. The molecular weight excluding hydrogens is 226 g/mol. The van der Waals surface area contributed by atoms with Gasteiger partial charge in [0.1, 0.15) is 11.5 Å². The van der Waals surface area contributed by atoms with E-state index in [1.54, 1.807) is 13.3 Å². The van der Waals surface area contributed by atoms with Crippen LogP contribution in [0.3, 0.4) is 0 Å². The fourth-order valence-corrected chi connectivity index (χ4v) is 1.89. The minimum Gasteiger partial charge on any atom is -0.496 e. The number of hydrogen-bond acceptors (Lipinski definition) is 3. The predicted octanol–water partition coefficient (Wildman–Crippen LogP) is 3.46. The van der Waals surface area contributed by atoms with E-state index in [1.165, 1.54) is 0 Å². The van der Waals surface area contributed by atoms with Crippen molar-refractivity contribution in [1.29, 1.82) is 0 Å². The molecule has 1 heterocycles. The third-order valence-electron chi connectivity index (χ3n) is 2.77. The third-order valence-corrected chi connectivity index (χ3v) is 2.77. The number of nitrogens with zero attached hydrogens (tertiary/aromatic N) is 1. The summed E-state index contributed by atoms with van der Waals surface area (Å²) in [5.41, 5.74) is 3.09. The van der Waals surface area contributed by atoms with E-state index in [9.17, 15) is 0 Å². The average molecular weight is 243 g/mol. The summed E-state index contributed by atoms with van der Waals surface area (Å²) in [4.78, 5) is 4.14. The Hall–Kier alpha value is -2.03. The average Bonchev–Trinajstić information content (AvgIpc) is 2.42. The van der Waals surface area contributed by atoms with Crippen molar-refractivity contribution in [3.8, 4) is 22.6 Å². The van der Waals surface area contributed by atoms with Crippen molar-refractivity contribution in [2.75, 3.05) is 13.7 Å². The molecule has 3 heteroatoms. The first kappa shape index (κ1) is 12.4. The molecule has 18 heavy (non-hydrogen) atoms. The maximum absolute atomic E-state index is 5.62. The molecule has 0 radical (unpaired) electrons.